The van der Waals surface area contributed by atoms with Gasteiger partial charge in [0, 0.05) is 22.7 Å². The maximum Gasteiger partial charge on any atom is 0.339 e. The van der Waals surface area contributed by atoms with Crippen molar-refractivity contribution in [2.24, 2.45) is 0 Å². The van der Waals surface area contributed by atoms with E-state index in [2.05, 4.69) is 15.9 Å². The van der Waals surface area contributed by atoms with Crippen LogP contribution in [0.1, 0.15) is 10.4 Å². The van der Waals surface area contributed by atoms with E-state index in [1.54, 1.807) is 0 Å². The maximum absolute atomic E-state index is 13.2. The molecule has 0 spiro atoms. The Kier molecular flexibility index (Phi) is 4.18. The van der Waals surface area contributed by atoms with Crippen LogP contribution in [0.2, 0.25) is 0 Å². The number of benzene rings is 2. The summed E-state index contributed by atoms with van der Waals surface area (Å²) in [5, 5.41) is 20.0. The number of nitro groups is 1. The van der Waals surface area contributed by atoms with Crippen molar-refractivity contribution in [1.82, 2.24) is 0 Å². The van der Waals surface area contributed by atoms with Crippen LogP contribution in [-0.2, 0) is 0 Å². The minimum Gasteiger partial charge on any atom is -0.478 e. The van der Waals surface area contributed by atoms with Gasteiger partial charge in [0.25, 0.3) is 0 Å². The normalized spacial score (nSPS) is 10.2. The first kappa shape index (κ1) is 14.9. The third kappa shape index (κ3) is 3.34. The molecule has 0 unspecified atom stereocenters. The molecule has 0 aromatic heterocycles. The van der Waals surface area contributed by atoms with Gasteiger partial charge in [-0.3, -0.25) is 10.1 Å². The van der Waals surface area contributed by atoms with Crippen molar-refractivity contribution in [3.8, 4) is 11.5 Å². The predicted molar refractivity (Wildman–Crippen MR) is 74.2 cm³/mol. The molecule has 21 heavy (non-hydrogen) atoms. The third-order valence-corrected chi connectivity index (χ3v) is 3.01. The summed E-state index contributed by atoms with van der Waals surface area (Å²) in [5.74, 6) is -2.55. The van der Waals surface area contributed by atoms with Crippen molar-refractivity contribution < 1.29 is 24.0 Å². The van der Waals surface area contributed by atoms with Gasteiger partial charge >= 0.3 is 11.7 Å². The molecule has 0 aliphatic heterocycles. The van der Waals surface area contributed by atoms with Crippen molar-refractivity contribution in [3.63, 3.8) is 0 Å². The number of nitrogens with zero attached hydrogens (tertiary/aromatic N) is 1. The molecule has 0 radical (unpaired) electrons. The summed E-state index contributed by atoms with van der Waals surface area (Å²) in [6.45, 7) is 0. The molecular weight excluding hydrogens is 349 g/mol. The summed E-state index contributed by atoms with van der Waals surface area (Å²) in [6.07, 6.45) is 0. The molecule has 108 valence electrons. The molecule has 0 fully saturated rings. The Hall–Kier alpha value is -2.48. The van der Waals surface area contributed by atoms with Crippen LogP contribution in [0.4, 0.5) is 10.1 Å². The van der Waals surface area contributed by atoms with E-state index >= 15 is 0 Å². The van der Waals surface area contributed by atoms with Gasteiger partial charge in [0.05, 0.1) is 4.92 Å². The Morgan fingerprint density at radius 2 is 1.95 bits per heavy atom. The van der Waals surface area contributed by atoms with Gasteiger partial charge in [-0.05, 0) is 18.2 Å². The number of carbonyl (C=O) groups is 1. The molecule has 0 atom stereocenters. The van der Waals surface area contributed by atoms with Gasteiger partial charge in [-0.2, -0.15) is 0 Å². The molecule has 2 aromatic rings. The van der Waals surface area contributed by atoms with Gasteiger partial charge in [0.15, 0.2) is 0 Å². The quantitative estimate of drug-likeness (QED) is 0.661. The van der Waals surface area contributed by atoms with Crippen LogP contribution in [0.25, 0.3) is 0 Å². The zero-order chi connectivity index (χ0) is 15.6. The number of nitro benzene ring substituents is 1. The number of ether oxygens (including phenoxy) is 1. The summed E-state index contributed by atoms with van der Waals surface area (Å²) >= 11 is 3.13. The van der Waals surface area contributed by atoms with Crippen LogP contribution in [0.3, 0.4) is 0 Å². The predicted octanol–water partition coefficient (Wildman–Crippen LogP) is 3.99. The highest BCUT2D eigenvalue weighted by atomic mass is 79.9. The molecule has 0 saturated heterocycles. The van der Waals surface area contributed by atoms with E-state index in [1.165, 1.54) is 18.2 Å². The molecule has 8 heteroatoms. The second-order valence-corrected chi connectivity index (χ2v) is 4.83. The second kappa shape index (κ2) is 5.88. The maximum atomic E-state index is 13.2. The number of halogens is 2. The molecule has 0 bridgehead atoms. The lowest BCUT2D eigenvalue weighted by molar-refractivity contribution is -0.385. The summed E-state index contributed by atoms with van der Waals surface area (Å²) in [4.78, 5) is 21.3. The van der Waals surface area contributed by atoms with Crippen molar-refractivity contribution in [1.29, 1.82) is 0 Å². The fraction of sp³-hybridized carbons (Fsp3) is 0. The van der Waals surface area contributed by atoms with E-state index in [4.69, 9.17) is 9.84 Å². The fourth-order valence-corrected chi connectivity index (χ4v) is 1.94. The molecule has 0 saturated carbocycles. The topological polar surface area (TPSA) is 89.7 Å². The molecule has 0 amide bonds. The first-order valence-electron chi connectivity index (χ1n) is 5.53. The first-order chi connectivity index (χ1) is 9.88. The number of hydrogen-bond donors (Lipinski definition) is 1. The molecule has 1 N–H and O–H groups in total. The van der Waals surface area contributed by atoms with E-state index < -0.39 is 16.7 Å². The molecule has 2 aromatic carbocycles. The number of carboxylic acid groups (broad SMARTS) is 1. The van der Waals surface area contributed by atoms with Crippen LogP contribution in [0, 0.1) is 15.9 Å². The van der Waals surface area contributed by atoms with E-state index in [0.29, 0.717) is 4.47 Å². The molecule has 0 aliphatic carbocycles. The Morgan fingerprint density at radius 3 is 2.57 bits per heavy atom. The van der Waals surface area contributed by atoms with Crippen LogP contribution in [0.5, 0.6) is 11.5 Å². The molecule has 0 heterocycles. The first-order valence-corrected chi connectivity index (χ1v) is 6.32. The Balaban J connectivity index is 2.52. The van der Waals surface area contributed by atoms with Crippen LogP contribution >= 0.6 is 15.9 Å². The average molecular weight is 356 g/mol. The number of hydrogen-bond acceptors (Lipinski definition) is 4. The van der Waals surface area contributed by atoms with Gasteiger partial charge in [-0.25, -0.2) is 9.18 Å². The van der Waals surface area contributed by atoms with Crippen LogP contribution in [0.15, 0.2) is 40.9 Å². The van der Waals surface area contributed by atoms with Crippen molar-refractivity contribution in [2.45, 2.75) is 0 Å². The van der Waals surface area contributed by atoms with E-state index in [1.807, 2.05) is 0 Å². The van der Waals surface area contributed by atoms with E-state index in [-0.39, 0.29) is 22.7 Å². The number of carboxylic acids is 1. The van der Waals surface area contributed by atoms with Gasteiger partial charge in [-0.1, -0.05) is 15.9 Å². The monoisotopic (exact) mass is 355 g/mol. The van der Waals surface area contributed by atoms with Crippen molar-refractivity contribution >= 4 is 27.6 Å². The van der Waals surface area contributed by atoms with Gasteiger partial charge < -0.3 is 9.84 Å². The minimum atomic E-state index is -1.33. The zero-order valence-corrected chi connectivity index (χ0v) is 11.8. The molecule has 6 nitrogen and oxygen atoms in total. The Bertz CT molecular complexity index is 673. The molecule has 0 aliphatic rings. The summed E-state index contributed by atoms with van der Waals surface area (Å²) in [6, 6.07) is 6.78. The van der Waals surface area contributed by atoms with Gasteiger partial charge in [0.1, 0.15) is 17.1 Å². The highest BCUT2D eigenvalue weighted by Crippen LogP contribution is 2.35. The van der Waals surface area contributed by atoms with E-state index in [0.717, 1.165) is 18.2 Å². The lowest BCUT2D eigenvalue weighted by Gasteiger charge is -2.09. The highest BCUT2D eigenvalue weighted by molar-refractivity contribution is 9.10. The number of rotatable bonds is 4. The molecule has 2 rings (SSSR count). The highest BCUT2D eigenvalue weighted by Gasteiger charge is 2.19. The second-order valence-electron chi connectivity index (χ2n) is 3.92. The summed E-state index contributed by atoms with van der Waals surface area (Å²) in [5.41, 5.74) is -0.663. The van der Waals surface area contributed by atoms with Gasteiger partial charge in [0.2, 0.25) is 5.75 Å². The smallest absolute Gasteiger partial charge is 0.339 e. The van der Waals surface area contributed by atoms with E-state index in [9.17, 15) is 19.3 Å². The fourth-order valence-electron chi connectivity index (χ4n) is 1.60. The van der Waals surface area contributed by atoms with Crippen LogP contribution < -0.4 is 4.74 Å². The average Bonchev–Trinajstić information content (AvgIpc) is 2.38. The van der Waals surface area contributed by atoms with Gasteiger partial charge in [-0.15, -0.1) is 0 Å². The lowest BCUT2D eigenvalue weighted by Crippen LogP contribution is -2.01. The largest absolute Gasteiger partial charge is 0.478 e. The van der Waals surface area contributed by atoms with Crippen molar-refractivity contribution in [3.05, 3.63) is 62.4 Å². The third-order valence-electron chi connectivity index (χ3n) is 2.51. The zero-order valence-electron chi connectivity index (χ0n) is 10.2. The Labute approximate surface area is 126 Å². The summed E-state index contributed by atoms with van der Waals surface area (Å²) < 4.78 is 19.0. The minimum absolute atomic E-state index is 0.192. The van der Waals surface area contributed by atoms with Crippen molar-refractivity contribution in [2.75, 3.05) is 0 Å². The Morgan fingerprint density at radius 1 is 1.24 bits per heavy atom. The number of aromatic carboxylic acids is 1. The standard InChI is InChI=1S/C13H7BrFNO5/c14-7-1-4-10(16(19)20)12(5-7)21-11-6-8(15)2-3-9(11)13(17)18/h1-6H,(H,17,18). The lowest BCUT2D eigenvalue weighted by atomic mass is 10.2. The SMILES string of the molecule is O=C(O)c1ccc(F)cc1Oc1cc(Br)ccc1[N+](=O)[O-]. The summed E-state index contributed by atoms with van der Waals surface area (Å²) in [7, 11) is 0. The van der Waals surface area contributed by atoms with Crippen LogP contribution in [-0.4, -0.2) is 16.0 Å². The molecular formula is C13H7BrFNO5.